The number of aromatic nitrogens is 1. The van der Waals surface area contributed by atoms with Crippen LogP contribution in [0.1, 0.15) is 43.9 Å². The summed E-state index contributed by atoms with van der Waals surface area (Å²) in [6.07, 6.45) is 4.59. The van der Waals surface area contributed by atoms with Crippen LogP contribution >= 0.6 is 0 Å². The van der Waals surface area contributed by atoms with E-state index in [0.29, 0.717) is 18.6 Å². The number of nitrogens with two attached hydrogens (primary N) is 1. The molecule has 1 heterocycles. The molecule has 0 atom stereocenters. The van der Waals surface area contributed by atoms with E-state index >= 15 is 0 Å². The molecule has 3 nitrogen and oxygen atoms in total. The summed E-state index contributed by atoms with van der Waals surface area (Å²) in [5.74, 6) is 1.39. The molecule has 0 aliphatic heterocycles. The predicted octanol–water partition coefficient (Wildman–Crippen LogP) is 2.20. The minimum atomic E-state index is 0.424. The molecule has 15 heavy (non-hydrogen) atoms. The van der Waals surface area contributed by atoms with Gasteiger partial charge < -0.3 is 10.5 Å². The second-order valence-corrected chi connectivity index (χ2v) is 4.39. The summed E-state index contributed by atoms with van der Waals surface area (Å²) in [7, 11) is 0. The molecule has 1 aromatic heterocycles. The lowest BCUT2D eigenvalue weighted by atomic mass is 10.0. The molecule has 1 saturated carbocycles. The van der Waals surface area contributed by atoms with Crippen molar-refractivity contribution >= 4 is 0 Å². The molecule has 0 saturated heterocycles. The first kappa shape index (κ1) is 10.4. The van der Waals surface area contributed by atoms with Gasteiger partial charge in [-0.15, -0.1) is 0 Å². The van der Waals surface area contributed by atoms with Gasteiger partial charge in [-0.1, -0.05) is 13.8 Å². The summed E-state index contributed by atoms with van der Waals surface area (Å²) in [5, 5.41) is 0. The highest BCUT2D eigenvalue weighted by Gasteiger charge is 2.25. The van der Waals surface area contributed by atoms with E-state index in [2.05, 4.69) is 24.9 Å². The Labute approximate surface area is 90.7 Å². The highest BCUT2D eigenvalue weighted by Crippen LogP contribution is 2.32. The Morgan fingerprint density at radius 1 is 1.53 bits per heavy atom. The van der Waals surface area contributed by atoms with E-state index in [0.717, 1.165) is 11.4 Å². The van der Waals surface area contributed by atoms with E-state index in [1.807, 2.05) is 6.20 Å². The van der Waals surface area contributed by atoms with Crippen molar-refractivity contribution in [3.05, 3.63) is 23.5 Å². The molecule has 2 N–H and O–H groups in total. The molecule has 82 valence electrons. The van der Waals surface area contributed by atoms with Crippen molar-refractivity contribution < 1.29 is 4.74 Å². The Kier molecular flexibility index (Phi) is 2.91. The smallest absolute Gasteiger partial charge is 0.141 e. The molecule has 0 radical (unpaired) electrons. The van der Waals surface area contributed by atoms with Gasteiger partial charge in [0.2, 0.25) is 0 Å². The van der Waals surface area contributed by atoms with Gasteiger partial charge in [0.15, 0.2) is 0 Å². The van der Waals surface area contributed by atoms with Crippen LogP contribution in [0.25, 0.3) is 0 Å². The van der Waals surface area contributed by atoms with Crippen LogP contribution in [0.15, 0.2) is 12.3 Å². The lowest BCUT2D eigenvalue weighted by Gasteiger charge is -2.14. The van der Waals surface area contributed by atoms with E-state index in [9.17, 15) is 0 Å². The van der Waals surface area contributed by atoms with Crippen molar-refractivity contribution in [1.82, 2.24) is 4.98 Å². The zero-order valence-electron chi connectivity index (χ0n) is 9.36. The van der Waals surface area contributed by atoms with Crippen molar-refractivity contribution in [3.63, 3.8) is 0 Å². The maximum absolute atomic E-state index is 5.81. The predicted molar refractivity (Wildman–Crippen MR) is 59.9 cm³/mol. The van der Waals surface area contributed by atoms with Crippen LogP contribution in [0, 0.1) is 0 Å². The fourth-order valence-electron chi connectivity index (χ4n) is 1.53. The minimum absolute atomic E-state index is 0.424. The number of ether oxygens (including phenoxy) is 1. The van der Waals surface area contributed by atoms with Gasteiger partial charge in [0.25, 0.3) is 0 Å². The molecule has 3 heteroatoms. The summed E-state index contributed by atoms with van der Waals surface area (Å²) < 4.78 is 5.81. The second-order valence-electron chi connectivity index (χ2n) is 4.39. The molecule has 0 amide bonds. The fourth-order valence-corrected chi connectivity index (χ4v) is 1.53. The van der Waals surface area contributed by atoms with Crippen molar-refractivity contribution in [2.24, 2.45) is 5.73 Å². The standard InChI is InChI=1S/C12H18N2O/c1-8(2)11-5-9(6-13)14-7-12(11)15-10-3-4-10/h5,7-8,10H,3-4,6,13H2,1-2H3. The summed E-state index contributed by atoms with van der Waals surface area (Å²) in [5.41, 5.74) is 7.73. The summed E-state index contributed by atoms with van der Waals surface area (Å²) >= 11 is 0. The first-order valence-corrected chi connectivity index (χ1v) is 5.56. The molecular formula is C12H18N2O. The van der Waals surface area contributed by atoms with Crippen LogP contribution in [0.2, 0.25) is 0 Å². The quantitative estimate of drug-likeness (QED) is 0.821. The van der Waals surface area contributed by atoms with Gasteiger partial charge in [-0.05, 0) is 24.8 Å². The van der Waals surface area contributed by atoms with Crippen LogP contribution in [0.5, 0.6) is 5.75 Å². The third kappa shape index (κ3) is 2.48. The van der Waals surface area contributed by atoms with Gasteiger partial charge in [-0.3, -0.25) is 4.98 Å². The van der Waals surface area contributed by atoms with Crippen LogP contribution in [-0.2, 0) is 6.54 Å². The van der Waals surface area contributed by atoms with Crippen LogP contribution in [0.4, 0.5) is 0 Å². The molecule has 0 aromatic carbocycles. The Morgan fingerprint density at radius 3 is 2.80 bits per heavy atom. The van der Waals surface area contributed by atoms with E-state index in [-0.39, 0.29) is 0 Å². The van der Waals surface area contributed by atoms with Crippen molar-refractivity contribution in [3.8, 4) is 5.75 Å². The number of rotatable bonds is 4. The third-order valence-electron chi connectivity index (χ3n) is 2.60. The summed E-state index contributed by atoms with van der Waals surface area (Å²) in [4.78, 5) is 4.27. The van der Waals surface area contributed by atoms with Gasteiger partial charge in [0.05, 0.1) is 18.0 Å². The lowest BCUT2D eigenvalue weighted by molar-refractivity contribution is 0.297. The van der Waals surface area contributed by atoms with Crippen molar-refractivity contribution in [2.45, 2.75) is 45.3 Å². The van der Waals surface area contributed by atoms with Crippen LogP contribution in [-0.4, -0.2) is 11.1 Å². The number of nitrogens with zero attached hydrogens (tertiary/aromatic N) is 1. The van der Waals surface area contributed by atoms with E-state index in [1.54, 1.807) is 0 Å². The van der Waals surface area contributed by atoms with E-state index < -0.39 is 0 Å². The lowest BCUT2D eigenvalue weighted by Crippen LogP contribution is -2.05. The van der Waals surface area contributed by atoms with Gasteiger partial charge in [0, 0.05) is 12.1 Å². The summed E-state index contributed by atoms with van der Waals surface area (Å²) in [6.45, 7) is 4.81. The molecule has 0 spiro atoms. The Balaban J connectivity index is 2.25. The SMILES string of the molecule is CC(C)c1cc(CN)ncc1OC1CC1. The molecule has 1 aliphatic rings. The second kappa shape index (κ2) is 4.19. The molecular weight excluding hydrogens is 188 g/mol. The Morgan fingerprint density at radius 2 is 2.27 bits per heavy atom. The average Bonchev–Trinajstić information content (AvgIpc) is 3.02. The highest BCUT2D eigenvalue weighted by molar-refractivity contribution is 5.35. The zero-order chi connectivity index (χ0) is 10.8. The van der Waals surface area contributed by atoms with E-state index in [4.69, 9.17) is 10.5 Å². The number of hydrogen-bond donors (Lipinski definition) is 1. The Bertz CT molecular complexity index is 345. The van der Waals surface area contributed by atoms with E-state index in [1.165, 1.54) is 18.4 Å². The fraction of sp³-hybridized carbons (Fsp3) is 0.583. The Hall–Kier alpha value is -1.09. The van der Waals surface area contributed by atoms with Crippen molar-refractivity contribution in [2.75, 3.05) is 0 Å². The molecule has 0 bridgehead atoms. The maximum Gasteiger partial charge on any atom is 0.141 e. The van der Waals surface area contributed by atoms with Gasteiger partial charge in [-0.25, -0.2) is 0 Å². The normalized spacial score (nSPS) is 15.7. The average molecular weight is 206 g/mol. The molecule has 1 aromatic rings. The van der Waals surface area contributed by atoms with Crippen LogP contribution < -0.4 is 10.5 Å². The molecule has 0 unspecified atom stereocenters. The first-order valence-electron chi connectivity index (χ1n) is 5.56. The van der Waals surface area contributed by atoms with Gasteiger partial charge in [0.1, 0.15) is 5.75 Å². The van der Waals surface area contributed by atoms with Crippen molar-refractivity contribution in [1.29, 1.82) is 0 Å². The van der Waals surface area contributed by atoms with Crippen LogP contribution in [0.3, 0.4) is 0 Å². The number of pyridine rings is 1. The zero-order valence-corrected chi connectivity index (χ0v) is 9.36. The molecule has 1 aliphatic carbocycles. The summed E-state index contributed by atoms with van der Waals surface area (Å²) in [6, 6.07) is 2.06. The monoisotopic (exact) mass is 206 g/mol. The first-order chi connectivity index (χ1) is 7.20. The van der Waals surface area contributed by atoms with Gasteiger partial charge >= 0.3 is 0 Å². The number of hydrogen-bond acceptors (Lipinski definition) is 3. The third-order valence-corrected chi connectivity index (χ3v) is 2.60. The highest BCUT2D eigenvalue weighted by atomic mass is 16.5. The van der Waals surface area contributed by atoms with Gasteiger partial charge in [-0.2, -0.15) is 0 Å². The maximum atomic E-state index is 5.81. The minimum Gasteiger partial charge on any atom is -0.489 e. The largest absolute Gasteiger partial charge is 0.489 e. The topological polar surface area (TPSA) is 48.1 Å². The molecule has 2 rings (SSSR count). The molecule has 1 fully saturated rings.